The molecule has 67 heavy (non-hydrogen) atoms. The fraction of sp³-hybridized carbons (Fsp3) is 0.135. The fourth-order valence-electron chi connectivity index (χ4n) is 7.36. The summed E-state index contributed by atoms with van der Waals surface area (Å²) >= 11 is 1.35. The normalized spacial score (nSPS) is 12.9. The molecule has 1 saturated heterocycles. The van der Waals surface area contributed by atoms with Crippen LogP contribution in [0.1, 0.15) is 35.2 Å². The number of fused-ring (bicyclic) bond motifs is 1. The van der Waals surface area contributed by atoms with Crippen molar-refractivity contribution in [3.05, 3.63) is 199 Å². The van der Waals surface area contributed by atoms with Gasteiger partial charge in [-0.15, -0.1) is 23.7 Å². The van der Waals surface area contributed by atoms with Gasteiger partial charge in [0.15, 0.2) is 5.78 Å². The second-order valence-corrected chi connectivity index (χ2v) is 19.2. The Balaban J connectivity index is 0.00000608. The van der Waals surface area contributed by atoms with E-state index in [4.69, 9.17) is 31.9 Å². The molecule has 0 unspecified atom stereocenters. The van der Waals surface area contributed by atoms with E-state index in [2.05, 4.69) is 4.90 Å². The van der Waals surface area contributed by atoms with Gasteiger partial charge in [0.25, 0.3) is 0 Å². The van der Waals surface area contributed by atoms with Crippen LogP contribution in [0.5, 0.6) is 40.2 Å². The maximum absolute atomic E-state index is 14.7. The first kappa shape index (κ1) is 47.0. The van der Waals surface area contributed by atoms with Crippen molar-refractivity contribution in [1.82, 2.24) is 4.90 Å². The van der Waals surface area contributed by atoms with Crippen LogP contribution in [0.25, 0.3) is 20.5 Å². The Kier molecular flexibility index (Phi) is 15.3. The van der Waals surface area contributed by atoms with Gasteiger partial charge in [-0.2, -0.15) is 9.13 Å². The first-order valence-electron chi connectivity index (χ1n) is 21.5. The van der Waals surface area contributed by atoms with Crippen molar-refractivity contribution in [3.63, 3.8) is 0 Å². The highest BCUT2D eigenvalue weighted by Gasteiger charge is 2.35. The molecule has 1 aliphatic rings. The van der Waals surface area contributed by atoms with Gasteiger partial charge < -0.3 is 31.9 Å². The van der Waals surface area contributed by atoms with Gasteiger partial charge in [0.1, 0.15) is 46.9 Å². The van der Waals surface area contributed by atoms with Gasteiger partial charge in [-0.05, 0) is 147 Å². The summed E-state index contributed by atoms with van der Waals surface area (Å²) in [4.78, 5) is 17.8. The average Bonchev–Trinajstić information content (AvgIpc) is 3.72. The van der Waals surface area contributed by atoms with Gasteiger partial charge in [-0.1, -0.05) is 79.2 Å². The monoisotopic (exact) mass is 973 g/mol. The Labute approximate surface area is 399 Å². The van der Waals surface area contributed by atoms with Gasteiger partial charge in [0, 0.05) is 32.6 Å². The highest BCUT2D eigenvalue weighted by atomic mass is 35.5. The third-order valence-corrected chi connectivity index (χ3v) is 14.3. The quantitative estimate of drug-likeness (QED) is 0.0569. The summed E-state index contributed by atoms with van der Waals surface area (Å²) in [6.07, 6.45) is 3.70. The minimum absolute atomic E-state index is 0. The van der Waals surface area contributed by atoms with Crippen molar-refractivity contribution in [2.75, 3.05) is 26.2 Å². The number of carbonyl (C=O) groups is 1. The lowest BCUT2D eigenvalue weighted by Crippen LogP contribution is -2.33. The minimum atomic E-state index is -4.32. The Hall–Kier alpha value is -6.52. The number of phosphoric acid groups is 2. The molecule has 15 heteroatoms. The zero-order valence-electron chi connectivity index (χ0n) is 36.1. The zero-order valence-corrected chi connectivity index (χ0v) is 39.5. The molecule has 1 aliphatic heterocycles. The number of piperidine rings is 1. The number of hydrogen-bond acceptors (Lipinski definition) is 12. The molecule has 11 nitrogen and oxygen atoms in total. The molecule has 0 radical (unpaired) electrons. The molecule has 8 aromatic rings. The van der Waals surface area contributed by atoms with Crippen molar-refractivity contribution < 1.29 is 45.8 Å². The van der Waals surface area contributed by atoms with Crippen LogP contribution in [-0.2, 0) is 9.13 Å². The molecule has 0 bridgehead atoms. The number of halogens is 1. The average molecular weight is 974 g/mol. The summed E-state index contributed by atoms with van der Waals surface area (Å²) in [5.41, 5.74) is 1.60. The van der Waals surface area contributed by atoms with Crippen molar-refractivity contribution >= 4 is 55.3 Å². The molecule has 1 fully saturated rings. The third kappa shape index (κ3) is 12.3. The fourth-order valence-corrected chi connectivity index (χ4v) is 11.1. The molecule has 342 valence electrons. The number of hydrogen-bond donors (Lipinski definition) is 0. The molecular weight excluding hydrogens is 928 g/mol. The number of phosphoric ester groups is 2. The molecule has 7 aromatic carbocycles. The van der Waals surface area contributed by atoms with Crippen molar-refractivity contribution in [2.24, 2.45) is 0 Å². The minimum Gasteiger partial charge on any atom is -0.492 e. The summed E-state index contributed by atoms with van der Waals surface area (Å²) < 4.78 is 70.9. The number of benzene rings is 7. The second-order valence-electron chi connectivity index (χ2n) is 15.3. The summed E-state index contributed by atoms with van der Waals surface area (Å²) in [6, 6.07) is 53.7. The number of thiophene rings is 1. The van der Waals surface area contributed by atoms with Crippen LogP contribution < -0.4 is 31.9 Å². The number of nitrogens with zero attached hydrogens (tertiary/aromatic N) is 1. The molecule has 1 aromatic heterocycles. The predicted molar refractivity (Wildman–Crippen MR) is 265 cm³/mol. The summed E-state index contributed by atoms with van der Waals surface area (Å²) in [5.74, 6) is 2.07. The Morgan fingerprint density at radius 1 is 0.493 bits per heavy atom. The first-order chi connectivity index (χ1) is 32.3. The number of rotatable bonds is 19. The van der Waals surface area contributed by atoms with E-state index >= 15 is 0 Å². The van der Waals surface area contributed by atoms with E-state index in [0.29, 0.717) is 67.0 Å². The SMILES string of the molecule is Cl.O=C(c1ccc(OCCN2CCCCC2)cc1)c1c(-c2ccc(OP(=O)(Oc3ccccc3)Oc3ccccc3)cc2)sc2cc(OP(=O)(Oc3ccccc3)Oc3ccccc3)ccc12. The summed E-state index contributed by atoms with van der Waals surface area (Å²) in [5, 5.41) is 0.648. The van der Waals surface area contributed by atoms with Crippen LogP contribution >= 0.6 is 39.4 Å². The molecule has 0 spiro atoms. The van der Waals surface area contributed by atoms with E-state index < -0.39 is 15.6 Å². The van der Waals surface area contributed by atoms with Gasteiger partial charge in [-0.25, -0.2) is 0 Å². The van der Waals surface area contributed by atoms with Gasteiger partial charge in [0.2, 0.25) is 0 Å². The van der Waals surface area contributed by atoms with E-state index in [1.165, 1.54) is 30.6 Å². The van der Waals surface area contributed by atoms with E-state index in [0.717, 1.165) is 19.6 Å². The molecular formula is C52H46ClNO10P2S. The molecule has 0 N–H and O–H groups in total. The van der Waals surface area contributed by atoms with E-state index in [1.807, 2.05) is 36.4 Å². The maximum atomic E-state index is 14.7. The molecule has 0 saturated carbocycles. The van der Waals surface area contributed by atoms with Gasteiger partial charge >= 0.3 is 15.6 Å². The number of likely N-dealkylation sites (tertiary alicyclic amines) is 1. The van der Waals surface area contributed by atoms with E-state index in [1.54, 1.807) is 152 Å². The van der Waals surface area contributed by atoms with Crippen LogP contribution in [0.4, 0.5) is 0 Å². The largest absolute Gasteiger partial charge is 0.647 e. The summed E-state index contributed by atoms with van der Waals surface area (Å²) in [7, 11) is -8.59. The standard InChI is InChI=1S/C52H45NO10P2S.ClH/c54-51(39-24-28-41(29-25-39)57-37-36-53-34-14-5-15-35-53)50-48-33-32-47(63-65(56,60-44-20-10-3-11-21-44)61-45-22-12-4-13-23-45)38-49(48)66-52(50)40-26-30-46(31-27-40)62-64(55,58-42-16-6-1-7-17-42)59-43-18-8-2-9-19-43;/h1-4,6-13,16-33,38H,5,14-15,34-37H2;1H. The van der Waals surface area contributed by atoms with Gasteiger partial charge in [0.05, 0.1) is 0 Å². The molecule has 9 rings (SSSR count). The zero-order chi connectivity index (χ0) is 45.2. The van der Waals surface area contributed by atoms with E-state index in [9.17, 15) is 13.9 Å². The van der Waals surface area contributed by atoms with Crippen molar-refractivity contribution in [3.8, 4) is 50.7 Å². The van der Waals surface area contributed by atoms with Gasteiger partial charge in [-0.3, -0.25) is 9.69 Å². The Morgan fingerprint density at radius 3 is 1.39 bits per heavy atom. The topological polar surface area (TPSA) is 119 Å². The maximum Gasteiger partial charge on any atom is 0.647 e. The summed E-state index contributed by atoms with van der Waals surface area (Å²) in [6.45, 7) is 3.59. The van der Waals surface area contributed by atoms with Crippen LogP contribution in [0.3, 0.4) is 0 Å². The highest BCUT2D eigenvalue weighted by molar-refractivity contribution is 7.50. The van der Waals surface area contributed by atoms with Crippen LogP contribution in [0.2, 0.25) is 0 Å². The van der Waals surface area contributed by atoms with Crippen molar-refractivity contribution in [1.29, 1.82) is 0 Å². The van der Waals surface area contributed by atoms with Crippen LogP contribution in [0.15, 0.2) is 188 Å². The van der Waals surface area contributed by atoms with Crippen molar-refractivity contribution in [2.45, 2.75) is 19.3 Å². The molecule has 2 heterocycles. The molecule has 0 atom stereocenters. The number of ketones is 1. The lowest BCUT2D eigenvalue weighted by atomic mass is 9.97. The number of carbonyl (C=O) groups excluding carboxylic acids is 1. The number of para-hydroxylation sites is 4. The second kappa shape index (κ2) is 21.9. The lowest BCUT2D eigenvalue weighted by molar-refractivity contribution is 0.104. The lowest BCUT2D eigenvalue weighted by Gasteiger charge is -2.26. The number of ether oxygens (including phenoxy) is 1. The smallest absolute Gasteiger partial charge is 0.492 e. The molecule has 0 aliphatic carbocycles. The third-order valence-electron chi connectivity index (χ3n) is 10.5. The Morgan fingerprint density at radius 2 is 0.910 bits per heavy atom. The molecule has 0 amide bonds. The predicted octanol–water partition coefficient (Wildman–Crippen LogP) is 14.4. The highest BCUT2D eigenvalue weighted by Crippen LogP contribution is 2.52. The van der Waals surface area contributed by atoms with E-state index in [-0.39, 0.29) is 29.7 Å². The van der Waals surface area contributed by atoms with Crippen LogP contribution in [-0.4, -0.2) is 36.9 Å². The van der Waals surface area contributed by atoms with Crippen LogP contribution in [0, 0.1) is 0 Å². The first-order valence-corrected chi connectivity index (χ1v) is 25.3. The Bertz CT molecular complexity index is 2870.